The smallest absolute Gasteiger partial charge is 0.150 e. The second kappa shape index (κ2) is 9.00. The first kappa shape index (κ1) is 19.9. The maximum absolute atomic E-state index is 11.6. The van der Waals surface area contributed by atoms with Gasteiger partial charge in [-0.1, -0.05) is 27.7 Å². The van der Waals surface area contributed by atoms with Crippen LogP contribution in [0, 0.1) is 0 Å². The summed E-state index contributed by atoms with van der Waals surface area (Å²) in [5.41, 5.74) is 0.0372. The number of sulfone groups is 1. The average molecular weight is 307 g/mol. The molecular formula is C15H34N2O2S. The summed E-state index contributed by atoms with van der Waals surface area (Å²) in [6, 6.07) is 0.319. The molecule has 1 atom stereocenters. The zero-order chi connectivity index (χ0) is 15.8. The first-order valence-corrected chi connectivity index (χ1v) is 9.76. The van der Waals surface area contributed by atoms with Crippen LogP contribution in [0.3, 0.4) is 0 Å². The van der Waals surface area contributed by atoms with Crippen molar-refractivity contribution in [1.29, 1.82) is 0 Å². The van der Waals surface area contributed by atoms with E-state index in [9.17, 15) is 8.42 Å². The third-order valence-corrected chi connectivity index (χ3v) is 6.06. The van der Waals surface area contributed by atoms with E-state index in [4.69, 9.17) is 0 Å². The van der Waals surface area contributed by atoms with Crippen LogP contribution in [-0.2, 0) is 9.84 Å². The van der Waals surface area contributed by atoms with Crippen molar-refractivity contribution in [1.82, 2.24) is 10.2 Å². The average Bonchev–Trinajstić information content (AvgIpc) is 2.38. The lowest BCUT2D eigenvalue weighted by Gasteiger charge is -2.44. The molecule has 0 fully saturated rings. The van der Waals surface area contributed by atoms with E-state index in [-0.39, 0.29) is 11.3 Å². The molecule has 5 heteroatoms. The molecule has 0 rings (SSSR count). The fourth-order valence-corrected chi connectivity index (χ4v) is 3.76. The highest BCUT2D eigenvalue weighted by atomic mass is 32.2. The molecule has 0 spiro atoms. The fourth-order valence-electron chi connectivity index (χ4n) is 2.86. The molecule has 0 aromatic rings. The van der Waals surface area contributed by atoms with Gasteiger partial charge in [-0.3, -0.25) is 4.90 Å². The van der Waals surface area contributed by atoms with Crippen LogP contribution in [0.2, 0.25) is 0 Å². The zero-order valence-electron chi connectivity index (χ0n) is 14.2. The fraction of sp³-hybridized carbons (Fsp3) is 1.00. The lowest BCUT2D eigenvalue weighted by molar-refractivity contribution is 0.0879. The predicted molar refractivity (Wildman–Crippen MR) is 88.0 cm³/mol. The van der Waals surface area contributed by atoms with Crippen molar-refractivity contribution in [3.05, 3.63) is 0 Å². The second-order valence-electron chi connectivity index (χ2n) is 5.81. The molecule has 4 nitrogen and oxygen atoms in total. The maximum atomic E-state index is 11.6. The van der Waals surface area contributed by atoms with Gasteiger partial charge in [-0.05, 0) is 46.3 Å². The summed E-state index contributed by atoms with van der Waals surface area (Å²) in [4.78, 5) is 2.44. The predicted octanol–water partition coefficient (Wildman–Crippen LogP) is 2.30. The van der Waals surface area contributed by atoms with Crippen molar-refractivity contribution in [2.24, 2.45) is 0 Å². The monoisotopic (exact) mass is 306 g/mol. The van der Waals surface area contributed by atoms with Gasteiger partial charge in [-0.15, -0.1) is 0 Å². The van der Waals surface area contributed by atoms with Crippen molar-refractivity contribution < 1.29 is 8.42 Å². The van der Waals surface area contributed by atoms with Gasteiger partial charge in [0.1, 0.15) is 9.84 Å². The molecule has 0 heterocycles. The number of hydrogen-bond donors (Lipinski definition) is 1. The molecule has 122 valence electrons. The highest BCUT2D eigenvalue weighted by Gasteiger charge is 2.33. The van der Waals surface area contributed by atoms with Crippen molar-refractivity contribution in [2.75, 3.05) is 31.1 Å². The Kier molecular flexibility index (Phi) is 8.95. The number of hydrogen-bond acceptors (Lipinski definition) is 4. The minimum atomic E-state index is -2.85. The lowest BCUT2D eigenvalue weighted by Crippen LogP contribution is -2.57. The topological polar surface area (TPSA) is 49.4 Å². The van der Waals surface area contributed by atoms with Gasteiger partial charge in [0.2, 0.25) is 0 Å². The van der Waals surface area contributed by atoms with E-state index in [1.165, 1.54) is 0 Å². The van der Waals surface area contributed by atoms with Crippen LogP contribution >= 0.6 is 0 Å². The largest absolute Gasteiger partial charge is 0.312 e. The molecule has 20 heavy (non-hydrogen) atoms. The molecule has 1 unspecified atom stereocenters. The van der Waals surface area contributed by atoms with Crippen LogP contribution in [0.5, 0.6) is 0 Å². The molecule has 0 amide bonds. The highest BCUT2D eigenvalue weighted by molar-refractivity contribution is 7.91. The first-order chi connectivity index (χ1) is 9.25. The molecule has 0 saturated carbocycles. The van der Waals surface area contributed by atoms with Gasteiger partial charge in [-0.25, -0.2) is 8.42 Å². The Bertz CT molecular complexity index is 349. The Labute approximate surface area is 126 Å². The van der Waals surface area contributed by atoms with Crippen LogP contribution in [0.1, 0.15) is 54.4 Å². The molecule has 0 saturated heterocycles. The van der Waals surface area contributed by atoms with E-state index in [0.717, 1.165) is 32.5 Å². The molecule has 0 aromatic heterocycles. The van der Waals surface area contributed by atoms with Crippen molar-refractivity contribution >= 4 is 9.84 Å². The van der Waals surface area contributed by atoms with Gasteiger partial charge < -0.3 is 5.32 Å². The zero-order valence-corrected chi connectivity index (χ0v) is 15.0. The van der Waals surface area contributed by atoms with Crippen molar-refractivity contribution in [3.63, 3.8) is 0 Å². The SMILES string of the molecule is CCNC(CCCS(=O)(=O)CC)C(C)(C)N(CC)CC. The third kappa shape index (κ3) is 6.10. The molecule has 0 aliphatic heterocycles. The van der Waals surface area contributed by atoms with Crippen LogP contribution < -0.4 is 5.32 Å². The van der Waals surface area contributed by atoms with E-state index < -0.39 is 9.84 Å². The van der Waals surface area contributed by atoms with Gasteiger partial charge in [-0.2, -0.15) is 0 Å². The Hall–Kier alpha value is -0.130. The number of nitrogens with zero attached hydrogens (tertiary/aromatic N) is 1. The maximum Gasteiger partial charge on any atom is 0.150 e. The molecule has 0 aromatic carbocycles. The van der Waals surface area contributed by atoms with E-state index in [1.54, 1.807) is 6.92 Å². The summed E-state index contributed by atoms with van der Waals surface area (Å²) < 4.78 is 23.2. The standard InChI is InChI=1S/C15H34N2O2S/c1-7-16-14(12-11-13-20(18,19)10-4)15(5,6)17(8-2)9-3/h14,16H,7-13H2,1-6H3. The molecule has 1 N–H and O–H groups in total. The van der Waals surface area contributed by atoms with E-state index in [1.807, 2.05) is 0 Å². The van der Waals surface area contributed by atoms with Gasteiger partial charge >= 0.3 is 0 Å². The van der Waals surface area contributed by atoms with E-state index >= 15 is 0 Å². The summed E-state index contributed by atoms with van der Waals surface area (Å²) in [5.74, 6) is 0.554. The lowest BCUT2D eigenvalue weighted by atomic mass is 9.89. The van der Waals surface area contributed by atoms with Crippen molar-refractivity contribution in [3.8, 4) is 0 Å². The van der Waals surface area contributed by atoms with Crippen LogP contribution in [0.4, 0.5) is 0 Å². The summed E-state index contributed by atoms with van der Waals surface area (Å²) in [6.45, 7) is 15.6. The van der Waals surface area contributed by atoms with Crippen LogP contribution in [0.15, 0.2) is 0 Å². The quantitative estimate of drug-likeness (QED) is 0.636. The minimum absolute atomic E-state index is 0.0372. The minimum Gasteiger partial charge on any atom is -0.312 e. The molecular weight excluding hydrogens is 272 g/mol. The van der Waals surface area contributed by atoms with Crippen LogP contribution in [0.25, 0.3) is 0 Å². The second-order valence-corrected chi connectivity index (χ2v) is 8.29. The summed E-state index contributed by atoms with van der Waals surface area (Å²) in [6.07, 6.45) is 1.63. The van der Waals surface area contributed by atoms with Gasteiger partial charge in [0.05, 0.1) is 5.75 Å². The van der Waals surface area contributed by atoms with E-state index in [2.05, 4.69) is 44.8 Å². The van der Waals surface area contributed by atoms with Gasteiger partial charge in [0, 0.05) is 17.3 Å². The molecule has 0 bridgehead atoms. The Balaban J connectivity index is 4.71. The summed E-state index contributed by atoms with van der Waals surface area (Å²) >= 11 is 0. The number of nitrogens with one attached hydrogen (secondary N) is 1. The molecule has 0 aliphatic rings. The Morgan fingerprint density at radius 1 is 1.10 bits per heavy atom. The van der Waals surface area contributed by atoms with E-state index in [0.29, 0.717) is 11.8 Å². The summed E-state index contributed by atoms with van der Waals surface area (Å²) in [7, 11) is -2.85. The molecule has 0 aliphatic carbocycles. The first-order valence-electron chi connectivity index (χ1n) is 7.93. The third-order valence-electron chi connectivity index (χ3n) is 4.27. The van der Waals surface area contributed by atoms with Crippen LogP contribution in [-0.4, -0.2) is 56.0 Å². The van der Waals surface area contributed by atoms with Crippen molar-refractivity contribution in [2.45, 2.75) is 66.0 Å². The van der Waals surface area contributed by atoms with Gasteiger partial charge in [0.15, 0.2) is 0 Å². The number of likely N-dealkylation sites (N-methyl/N-ethyl adjacent to an activating group) is 2. The normalized spacial score (nSPS) is 14.8. The Morgan fingerprint density at radius 2 is 1.65 bits per heavy atom. The number of rotatable bonds is 11. The molecule has 0 radical (unpaired) electrons. The highest BCUT2D eigenvalue weighted by Crippen LogP contribution is 2.22. The Morgan fingerprint density at radius 3 is 2.05 bits per heavy atom. The van der Waals surface area contributed by atoms with Gasteiger partial charge in [0.25, 0.3) is 0 Å². The summed E-state index contributed by atoms with van der Waals surface area (Å²) in [5, 5.41) is 3.54.